The molecule has 1 aromatic carbocycles. The zero-order valence-electron chi connectivity index (χ0n) is 8.31. The third-order valence-electron chi connectivity index (χ3n) is 2.24. The lowest BCUT2D eigenvalue weighted by molar-refractivity contribution is -0.671. The lowest BCUT2D eigenvalue weighted by Crippen LogP contribution is -2.26. The number of phenolic OH excluding ortho intramolecular Hbond substituents is 1. The highest BCUT2D eigenvalue weighted by molar-refractivity contribution is 6.33. The molecule has 0 aliphatic rings. The molecule has 1 N–H and O–H groups in total. The lowest BCUT2D eigenvalue weighted by Gasteiger charge is -2.04. The van der Waals surface area contributed by atoms with Crippen molar-refractivity contribution >= 4 is 11.6 Å². The first-order chi connectivity index (χ1) is 7.18. The number of pyridine rings is 1. The van der Waals surface area contributed by atoms with Crippen LogP contribution in [0.25, 0.3) is 11.1 Å². The molecule has 1 aromatic heterocycles. The smallest absolute Gasteiger partial charge is 0.187 e. The number of halogens is 1. The van der Waals surface area contributed by atoms with E-state index in [1.807, 2.05) is 42.2 Å². The number of aromatic hydroxyl groups is 1. The molecule has 0 spiro atoms. The lowest BCUT2D eigenvalue weighted by atomic mass is 10.1. The summed E-state index contributed by atoms with van der Waals surface area (Å²) in [6, 6.07) is 9.04. The zero-order valence-corrected chi connectivity index (χ0v) is 9.07. The van der Waals surface area contributed by atoms with E-state index in [1.54, 1.807) is 12.1 Å². The van der Waals surface area contributed by atoms with E-state index < -0.39 is 0 Å². The fourth-order valence-electron chi connectivity index (χ4n) is 1.48. The summed E-state index contributed by atoms with van der Waals surface area (Å²) in [5, 5.41) is 10.3. The standard InChI is InChI=1S/C12H10ClNO/c1-14-7-6-9(11(13)8-14)10-4-2-3-5-12(10)15/h2-8H,1H3/p+1. The molecule has 2 rings (SSSR count). The molecule has 3 heteroatoms. The molecular weight excluding hydrogens is 210 g/mol. The van der Waals surface area contributed by atoms with Crippen molar-refractivity contribution < 1.29 is 9.67 Å². The van der Waals surface area contributed by atoms with Crippen LogP contribution in [0.15, 0.2) is 42.7 Å². The van der Waals surface area contributed by atoms with Gasteiger partial charge in [0.05, 0.1) is 0 Å². The monoisotopic (exact) mass is 220 g/mol. The predicted octanol–water partition coefficient (Wildman–Crippen LogP) is 2.54. The van der Waals surface area contributed by atoms with Crippen molar-refractivity contribution in [1.29, 1.82) is 0 Å². The molecule has 0 saturated carbocycles. The third-order valence-corrected chi connectivity index (χ3v) is 2.55. The van der Waals surface area contributed by atoms with E-state index in [0.717, 1.165) is 11.1 Å². The van der Waals surface area contributed by atoms with E-state index in [1.165, 1.54) is 0 Å². The predicted molar refractivity (Wildman–Crippen MR) is 59.7 cm³/mol. The Morgan fingerprint density at radius 2 is 1.87 bits per heavy atom. The van der Waals surface area contributed by atoms with Gasteiger partial charge < -0.3 is 5.11 Å². The summed E-state index contributed by atoms with van der Waals surface area (Å²) >= 11 is 6.10. The van der Waals surface area contributed by atoms with Crippen LogP contribution in [0, 0.1) is 0 Å². The van der Waals surface area contributed by atoms with Crippen LogP contribution in [0.2, 0.25) is 5.02 Å². The Kier molecular flexibility index (Phi) is 2.60. The number of hydrogen-bond acceptors (Lipinski definition) is 1. The van der Waals surface area contributed by atoms with Gasteiger partial charge in [-0.05, 0) is 6.07 Å². The largest absolute Gasteiger partial charge is 0.507 e. The highest BCUT2D eigenvalue weighted by Crippen LogP contribution is 2.32. The molecule has 76 valence electrons. The number of nitrogens with zero attached hydrogens (tertiary/aromatic N) is 1. The first kappa shape index (κ1) is 9.99. The highest BCUT2D eigenvalue weighted by atomic mass is 35.5. The maximum Gasteiger partial charge on any atom is 0.187 e. The van der Waals surface area contributed by atoms with Crippen LogP contribution < -0.4 is 4.57 Å². The van der Waals surface area contributed by atoms with Crippen LogP contribution in [-0.2, 0) is 7.05 Å². The van der Waals surface area contributed by atoms with Crippen molar-refractivity contribution in [3.05, 3.63) is 47.7 Å². The van der Waals surface area contributed by atoms with Crippen LogP contribution in [-0.4, -0.2) is 5.11 Å². The maximum atomic E-state index is 9.69. The molecule has 2 aromatic rings. The SMILES string of the molecule is C[n+]1ccc(-c2ccccc2O)c(Cl)c1. The molecule has 2 nitrogen and oxygen atoms in total. The number of benzene rings is 1. The quantitative estimate of drug-likeness (QED) is 0.734. The van der Waals surface area contributed by atoms with Gasteiger partial charge in [0.15, 0.2) is 12.4 Å². The molecule has 1 heterocycles. The fourth-order valence-corrected chi connectivity index (χ4v) is 1.80. The third kappa shape index (κ3) is 1.95. The normalized spacial score (nSPS) is 10.3. The minimum Gasteiger partial charge on any atom is -0.507 e. The van der Waals surface area contributed by atoms with Gasteiger partial charge >= 0.3 is 0 Å². The summed E-state index contributed by atoms with van der Waals surface area (Å²) in [4.78, 5) is 0. The molecule has 15 heavy (non-hydrogen) atoms. The number of aromatic nitrogens is 1. The van der Waals surface area contributed by atoms with E-state index >= 15 is 0 Å². The van der Waals surface area contributed by atoms with Gasteiger partial charge in [0.1, 0.15) is 17.8 Å². The Balaban J connectivity index is 2.60. The molecule has 0 radical (unpaired) electrons. The van der Waals surface area contributed by atoms with Crippen molar-refractivity contribution in [1.82, 2.24) is 0 Å². The van der Waals surface area contributed by atoms with E-state index in [0.29, 0.717) is 5.02 Å². The minimum atomic E-state index is 0.244. The molecule has 0 saturated heterocycles. The molecule has 0 fully saturated rings. The number of hydrogen-bond donors (Lipinski definition) is 1. The van der Waals surface area contributed by atoms with Crippen LogP contribution in [0.4, 0.5) is 0 Å². The van der Waals surface area contributed by atoms with E-state index in [-0.39, 0.29) is 5.75 Å². The van der Waals surface area contributed by atoms with E-state index in [4.69, 9.17) is 11.6 Å². The second-order valence-corrected chi connectivity index (χ2v) is 3.80. The number of para-hydroxylation sites is 1. The van der Waals surface area contributed by atoms with Crippen molar-refractivity contribution in [2.45, 2.75) is 0 Å². The first-order valence-corrected chi connectivity index (χ1v) is 4.99. The van der Waals surface area contributed by atoms with Gasteiger partial charge in [-0.3, -0.25) is 0 Å². The fraction of sp³-hybridized carbons (Fsp3) is 0.0833. The Morgan fingerprint density at radius 3 is 2.53 bits per heavy atom. The number of phenols is 1. The minimum absolute atomic E-state index is 0.244. The molecule has 0 amide bonds. The average molecular weight is 221 g/mol. The van der Waals surface area contributed by atoms with Crippen LogP contribution >= 0.6 is 11.6 Å². The molecule has 0 aliphatic carbocycles. The summed E-state index contributed by atoms with van der Waals surface area (Å²) in [6.45, 7) is 0. The summed E-state index contributed by atoms with van der Waals surface area (Å²) < 4.78 is 1.87. The summed E-state index contributed by atoms with van der Waals surface area (Å²) in [5.41, 5.74) is 1.59. The van der Waals surface area contributed by atoms with Crippen molar-refractivity contribution in [3.63, 3.8) is 0 Å². The van der Waals surface area contributed by atoms with E-state index in [2.05, 4.69) is 0 Å². The summed E-state index contributed by atoms with van der Waals surface area (Å²) in [6.07, 6.45) is 3.71. The van der Waals surface area contributed by atoms with Gasteiger partial charge in [0, 0.05) is 17.2 Å². The zero-order chi connectivity index (χ0) is 10.8. The Labute approximate surface area is 93.4 Å². The van der Waals surface area contributed by atoms with Gasteiger partial charge in [0.2, 0.25) is 0 Å². The maximum absolute atomic E-state index is 9.69. The molecule has 0 atom stereocenters. The second kappa shape index (κ2) is 3.91. The van der Waals surface area contributed by atoms with Gasteiger partial charge in [-0.25, -0.2) is 4.57 Å². The van der Waals surface area contributed by atoms with E-state index in [9.17, 15) is 5.11 Å². The number of aryl methyl sites for hydroxylation is 1. The van der Waals surface area contributed by atoms with Gasteiger partial charge in [-0.15, -0.1) is 0 Å². The van der Waals surface area contributed by atoms with Gasteiger partial charge in [-0.1, -0.05) is 29.8 Å². The molecule has 0 aliphatic heterocycles. The van der Waals surface area contributed by atoms with Crippen molar-refractivity contribution in [2.75, 3.05) is 0 Å². The highest BCUT2D eigenvalue weighted by Gasteiger charge is 2.10. The first-order valence-electron chi connectivity index (χ1n) is 4.61. The van der Waals surface area contributed by atoms with Crippen molar-refractivity contribution in [3.8, 4) is 16.9 Å². The molecular formula is C12H11ClNO+. The van der Waals surface area contributed by atoms with Gasteiger partial charge in [0.25, 0.3) is 0 Å². The second-order valence-electron chi connectivity index (χ2n) is 3.39. The van der Waals surface area contributed by atoms with Crippen LogP contribution in [0.5, 0.6) is 5.75 Å². The summed E-state index contributed by atoms with van der Waals surface area (Å²) in [7, 11) is 1.90. The van der Waals surface area contributed by atoms with Crippen LogP contribution in [0.3, 0.4) is 0 Å². The topological polar surface area (TPSA) is 24.1 Å². The van der Waals surface area contributed by atoms with Gasteiger partial charge in [-0.2, -0.15) is 0 Å². The average Bonchev–Trinajstić information content (AvgIpc) is 2.20. The van der Waals surface area contributed by atoms with Crippen LogP contribution in [0.1, 0.15) is 0 Å². The Bertz CT molecular complexity index is 497. The Morgan fingerprint density at radius 1 is 1.13 bits per heavy atom. The Hall–Kier alpha value is -1.54. The summed E-state index contributed by atoms with van der Waals surface area (Å²) in [5.74, 6) is 0.244. The molecule has 0 bridgehead atoms. The van der Waals surface area contributed by atoms with Crippen molar-refractivity contribution in [2.24, 2.45) is 7.05 Å². The molecule has 0 unspecified atom stereocenters. The number of rotatable bonds is 1.